The largest absolute Gasteiger partial charge is 0.519 e. The molecule has 0 aromatic carbocycles. The molecular weight excluding hydrogens is 296 g/mol. The summed E-state index contributed by atoms with van der Waals surface area (Å²) in [5, 5.41) is 0. The molecule has 1 fully saturated rings. The van der Waals surface area contributed by atoms with E-state index in [1.165, 1.54) is 6.92 Å². The van der Waals surface area contributed by atoms with E-state index in [9.17, 15) is 19.2 Å². The molecule has 1 aliphatic rings. The molecule has 1 atom stereocenters. The Hall–Kier alpha value is -2.64. The minimum absolute atomic E-state index is 0.0888. The van der Waals surface area contributed by atoms with Gasteiger partial charge < -0.3 is 18.3 Å². The highest BCUT2D eigenvalue weighted by Gasteiger charge is 2.27. The van der Waals surface area contributed by atoms with Gasteiger partial charge in [-0.2, -0.15) is 0 Å². The van der Waals surface area contributed by atoms with Crippen LogP contribution >= 0.6 is 0 Å². The van der Waals surface area contributed by atoms with Crippen molar-refractivity contribution in [2.24, 2.45) is 0 Å². The van der Waals surface area contributed by atoms with Crippen molar-refractivity contribution in [1.82, 2.24) is 0 Å². The third-order valence-corrected chi connectivity index (χ3v) is 3.04. The van der Waals surface area contributed by atoms with Crippen molar-refractivity contribution in [3.63, 3.8) is 0 Å². The molecule has 0 N–H and O–H groups in total. The fourth-order valence-electron chi connectivity index (χ4n) is 1.91. The second-order valence-electron chi connectivity index (χ2n) is 4.66. The van der Waals surface area contributed by atoms with Gasteiger partial charge in [0, 0.05) is 18.6 Å². The lowest BCUT2D eigenvalue weighted by Gasteiger charge is -2.07. The number of ether oxygens (including phenoxy) is 2. The van der Waals surface area contributed by atoms with E-state index in [2.05, 4.69) is 8.83 Å². The molecular formula is C14H14O8. The van der Waals surface area contributed by atoms with Crippen LogP contribution in [0.1, 0.15) is 30.8 Å². The quantitative estimate of drug-likeness (QED) is 0.580. The van der Waals surface area contributed by atoms with Gasteiger partial charge in [-0.05, 0) is 19.8 Å². The Morgan fingerprint density at radius 3 is 2.55 bits per heavy atom. The first-order valence-corrected chi connectivity index (χ1v) is 6.63. The van der Waals surface area contributed by atoms with Crippen LogP contribution in [0.15, 0.2) is 25.8 Å². The van der Waals surface area contributed by atoms with E-state index in [1.807, 2.05) is 0 Å². The average molecular weight is 310 g/mol. The molecule has 1 heterocycles. The van der Waals surface area contributed by atoms with E-state index in [-0.39, 0.29) is 23.9 Å². The lowest BCUT2D eigenvalue weighted by atomic mass is 10.3. The number of Topliss-reactive ketones (excluding diaryl/α,β-unsaturated/α-hetero) is 1. The lowest BCUT2D eigenvalue weighted by Crippen LogP contribution is -2.20. The van der Waals surface area contributed by atoms with E-state index in [1.54, 1.807) is 0 Å². The van der Waals surface area contributed by atoms with E-state index in [4.69, 9.17) is 9.47 Å². The fraction of sp³-hybridized carbons (Fsp3) is 0.429. The van der Waals surface area contributed by atoms with Crippen LogP contribution in [0.4, 0.5) is 0 Å². The first-order valence-electron chi connectivity index (χ1n) is 6.63. The van der Waals surface area contributed by atoms with Crippen molar-refractivity contribution in [1.29, 1.82) is 0 Å². The predicted molar refractivity (Wildman–Crippen MR) is 69.7 cm³/mol. The Kier molecular flexibility index (Phi) is 4.92. The molecule has 0 amide bonds. The second kappa shape index (κ2) is 6.88. The molecule has 0 radical (unpaired) electrons. The SMILES string of the molecule is Cc1oc(=O)oc1COC(=O)/C=C/C(=O)OC1CCCC1=O. The third-order valence-electron chi connectivity index (χ3n) is 3.04. The number of hydrogen-bond donors (Lipinski definition) is 0. The normalized spacial score (nSPS) is 17.9. The Bertz CT molecular complexity index is 663. The number of rotatable bonds is 5. The van der Waals surface area contributed by atoms with Crippen LogP contribution in [-0.2, 0) is 30.5 Å². The Morgan fingerprint density at radius 2 is 1.95 bits per heavy atom. The summed E-state index contributed by atoms with van der Waals surface area (Å²) < 4.78 is 18.9. The summed E-state index contributed by atoms with van der Waals surface area (Å²) in [6, 6.07) is 0. The molecule has 1 unspecified atom stereocenters. The maximum Gasteiger partial charge on any atom is 0.519 e. The number of ketones is 1. The van der Waals surface area contributed by atoms with Gasteiger partial charge in [-0.15, -0.1) is 0 Å². The number of aryl methyl sites for hydroxylation is 1. The van der Waals surface area contributed by atoms with Gasteiger partial charge >= 0.3 is 17.8 Å². The molecule has 8 nitrogen and oxygen atoms in total. The van der Waals surface area contributed by atoms with Crippen LogP contribution in [0, 0.1) is 6.92 Å². The highest BCUT2D eigenvalue weighted by molar-refractivity contribution is 5.94. The first kappa shape index (κ1) is 15.7. The minimum atomic E-state index is -0.885. The van der Waals surface area contributed by atoms with Gasteiger partial charge in [-0.3, -0.25) is 4.79 Å². The van der Waals surface area contributed by atoms with E-state index < -0.39 is 23.9 Å². The van der Waals surface area contributed by atoms with Gasteiger partial charge in [-0.25, -0.2) is 14.4 Å². The predicted octanol–water partition coefficient (Wildman–Crippen LogP) is 0.805. The zero-order chi connectivity index (χ0) is 16.1. The molecule has 1 aromatic heterocycles. The number of hydrogen-bond acceptors (Lipinski definition) is 8. The molecule has 0 bridgehead atoms. The van der Waals surface area contributed by atoms with Crippen LogP contribution in [0.25, 0.3) is 0 Å². The highest BCUT2D eigenvalue weighted by atomic mass is 16.6. The molecule has 8 heteroatoms. The number of esters is 2. The second-order valence-corrected chi connectivity index (χ2v) is 4.66. The Balaban J connectivity index is 1.78. The van der Waals surface area contributed by atoms with Crippen LogP contribution in [-0.4, -0.2) is 23.8 Å². The zero-order valence-corrected chi connectivity index (χ0v) is 11.8. The topological polar surface area (TPSA) is 113 Å². The van der Waals surface area contributed by atoms with E-state index >= 15 is 0 Å². The van der Waals surface area contributed by atoms with Gasteiger partial charge in [0.05, 0.1) is 0 Å². The molecule has 1 aromatic rings. The van der Waals surface area contributed by atoms with Crippen molar-refractivity contribution in [2.75, 3.05) is 0 Å². The summed E-state index contributed by atoms with van der Waals surface area (Å²) in [6.07, 6.45) is 2.62. The van der Waals surface area contributed by atoms with Crippen molar-refractivity contribution < 1.29 is 32.7 Å². The summed E-state index contributed by atoms with van der Waals surface area (Å²) in [7, 11) is 0. The van der Waals surface area contributed by atoms with Gasteiger partial charge in [0.1, 0.15) is 0 Å². The lowest BCUT2D eigenvalue weighted by molar-refractivity contribution is -0.149. The molecule has 0 aliphatic heterocycles. The molecule has 1 aliphatic carbocycles. The summed E-state index contributed by atoms with van der Waals surface area (Å²) in [4.78, 5) is 44.9. The summed E-state index contributed by atoms with van der Waals surface area (Å²) in [6.45, 7) is 1.19. The molecule has 2 rings (SSSR count). The van der Waals surface area contributed by atoms with Gasteiger partial charge in [-0.1, -0.05) is 0 Å². The van der Waals surface area contributed by atoms with E-state index in [0.29, 0.717) is 19.3 Å². The van der Waals surface area contributed by atoms with Crippen LogP contribution in [0.2, 0.25) is 0 Å². The van der Waals surface area contributed by atoms with Crippen LogP contribution in [0.5, 0.6) is 0 Å². The maximum atomic E-state index is 11.4. The zero-order valence-electron chi connectivity index (χ0n) is 11.8. The summed E-state index contributed by atoms with van der Waals surface area (Å²) >= 11 is 0. The van der Waals surface area contributed by atoms with Gasteiger partial charge in [0.25, 0.3) is 0 Å². The van der Waals surface area contributed by atoms with Crippen molar-refractivity contribution in [3.8, 4) is 0 Å². The minimum Gasteiger partial charge on any atom is -0.454 e. The number of carbonyl (C=O) groups excluding carboxylic acids is 3. The average Bonchev–Trinajstić information content (AvgIpc) is 3.00. The molecule has 118 valence electrons. The molecule has 22 heavy (non-hydrogen) atoms. The molecule has 1 saturated carbocycles. The fourth-order valence-corrected chi connectivity index (χ4v) is 1.91. The third kappa shape index (κ3) is 4.18. The van der Waals surface area contributed by atoms with Crippen molar-refractivity contribution >= 4 is 17.7 Å². The summed E-state index contributed by atoms with van der Waals surface area (Å²) in [5.41, 5.74) is 0. The smallest absolute Gasteiger partial charge is 0.454 e. The first-order chi connectivity index (χ1) is 10.5. The van der Waals surface area contributed by atoms with Gasteiger partial charge in [0.15, 0.2) is 30.0 Å². The van der Waals surface area contributed by atoms with Crippen molar-refractivity contribution in [2.45, 2.75) is 38.9 Å². The number of carbonyl (C=O) groups is 3. The van der Waals surface area contributed by atoms with Gasteiger partial charge in [0.2, 0.25) is 0 Å². The standard InChI is InChI=1S/C14H14O8/c1-8-11(22-14(18)20-8)7-19-12(16)5-6-13(17)21-10-4-2-3-9(10)15/h5-6,10H,2-4,7H2,1H3/b6-5+. The highest BCUT2D eigenvalue weighted by Crippen LogP contribution is 2.17. The maximum absolute atomic E-state index is 11.4. The molecule has 0 spiro atoms. The van der Waals surface area contributed by atoms with Crippen molar-refractivity contribution in [3.05, 3.63) is 34.3 Å². The summed E-state index contributed by atoms with van der Waals surface area (Å²) in [5.74, 6) is -2.31. The van der Waals surface area contributed by atoms with E-state index in [0.717, 1.165) is 12.2 Å². The Morgan fingerprint density at radius 1 is 1.23 bits per heavy atom. The van der Waals surface area contributed by atoms with Crippen LogP contribution < -0.4 is 5.82 Å². The van der Waals surface area contributed by atoms with Crippen LogP contribution in [0.3, 0.4) is 0 Å². The monoisotopic (exact) mass is 310 g/mol. The molecule has 0 saturated heterocycles. The Labute approximate surface area is 124 Å².